The first-order valence-electron chi connectivity index (χ1n) is 6.87. The molecule has 94 valence electrons. The molecule has 2 rings (SSSR count). The molecule has 1 aliphatic carbocycles. The van der Waals surface area contributed by atoms with Crippen molar-refractivity contribution in [3.8, 4) is 6.07 Å². The van der Waals surface area contributed by atoms with E-state index in [-0.39, 0.29) is 5.91 Å². The van der Waals surface area contributed by atoms with E-state index in [9.17, 15) is 10.1 Å². The second kappa shape index (κ2) is 4.68. The van der Waals surface area contributed by atoms with Crippen molar-refractivity contribution in [1.29, 1.82) is 5.26 Å². The summed E-state index contributed by atoms with van der Waals surface area (Å²) in [5.74, 6) is 1.51. The quantitative estimate of drug-likeness (QED) is 0.753. The highest BCUT2D eigenvalue weighted by Gasteiger charge is 2.44. The van der Waals surface area contributed by atoms with Gasteiger partial charge in [-0.25, -0.2) is 0 Å². The number of rotatable bonds is 3. The molecule has 0 bridgehead atoms. The Morgan fingerprint density at radius 3 is 2.24 bits per heavy atom. The zero-order valence-electron chi connectivity index (χ0n) is 10.9. The molecule has 3 heteroatoms. The van der Waals surface area contributed by atoms with Crippen LogP contribution in [0, 0.1) is 28.6 Å². The van der Waals surface area contributed by atoms with Crippen LogP contribution in [-0.2, 0) is 4.79 Å². The van der Waals surface area contributed by atoms with E-state index in [4.69, 9.17) is 0 Å². The van der Waals surface area contributed by atoms with Gasteiger partial charge in [-0.1, -0.05) is 20.3 Å². The van der Waals surface area contributed by atoms with E-state index in [0.717, 1.165) is 13.1 Å². The van der Waals surface area contributed by atoms with Crippen molar-refractivity contribution in [3.05, 3.63) is 0 Å². The number of amides is 1. The van der Waals surface area contributed by atoms with E-state index in [2.05, 4.69) is 6.07 Å². The summed E-state index contributed by atoms with van der Waals surface area (Å²) in [6, 6.07) is 2.27. The number of hydrogen-bond donors (Lipinski definition) is 0. The average molecular weight is 234 g/mol. The highest BCUT2D eigenvalue weighted by molar-refractivity contribution is 5.85. The fourth-order valence-corrected chi connectivity index (χ4v) is 3.46. The Kier molecular flexibility index (Phi) is 3.42. The first-order valence-corrected chi connectivity index (χ1v) is 6.87. The molecule has 2 atom stereocenters. The number of fused-ring (bicyclic) bond motifs is 1. The van der Waals surface area contributed by atoms with Crippen LogP contribution in [0.15, 0.2) is 0 Å². The van der Waals surface area contributed by atoms with Crippen LogP contribution in [0.5, 0.6) is 0 Å². The molecule has 1 amide bonds. The van der Waals surface area contributed by atoms with Crippen molar-refractivity contribution in [2.45, 2.75) is 46.0 Å². The van der Waals surface area contributed by atoms with Crippen molar-refractivity contribution >= 4 is 5.91 Å². The molecule has 0 radical (unpaired) electrons. The standard InChI is InChI=1S/C14H22N2O/c1-3-14(4-2,10-15)13(17)16-8-11-6-5-7-12(11)9-16/h11-12H,3-9H2,1-2H3. The number of carbonyl (C=O) groups excluding carboxylic acids is 1. The molecular formula is C14H22N2O. The van der Waals surface area contributed by atoms with Crippen molar-refractivity contribution < 1.29 is 4.79 Å². The van der Waals surface area contributed by atoms with Crippen LogP contribution in [0.3, 0.4) is 0 Å². The summed E-state index contributed by atoms with van der Waals surface area (Å²) < 4.78 is 0. The van der Waals surface area contributed by atoms with Crippen LogP contribution in [0.2, 0.25) is 0 Å². The van der Waals surface area contributed by atoms with Crippen LogP contribution >= 0.6 is 0 Å². The lowest BCUT2D eigenvalue weighted by Crippen LogP contribution is -2.42. The van der Waals surface area contributed by atoms with Crippen LogP contribution in [0.1, 0.15) is 46.0 Å². The number of nitriles is 1. The average Bonchev–Trinajstić information content (AvgIpc) is 2.92. The third kappa shape index (κ3) is 1.94. The number of carbonyl (C=O) groups is 1. The van der Waals surface area contributed by atoms with E-state index in [1.165, 1.54) is 19.3 Å². The third-order valence-electron chi connectivity index (χ3n) is 4.84. The third-order valence-corrected chi connectivity index (χ3v) is 4.84. The molecule has 0 N–H and O–H groups in total. The van der Waals surface area contributed by atoms with Gasteiger partial charge in [0, 0.05) is 13.1 Å². The minimum atomic E-state index is -0.765. The maximum atomic E-state index is 12.5. The van der Waals surface area contributed by atoms with Crippen LogP contribution < -0.4 is 0 Å². The van der Waals surface area contributed by atoms with Crippen molar-refractivity contribution in [3.63, 3.8) is 0 Å². The molecule has 2 aliphatic rings. The van der Waals surface area contributed by atoms with Gasteiger partial charge < -0.3 is 4.90 Å². The summed E-state index contributed by atoms with van der Waals surface area (Å²) in [6.07, 6.45) is 5.12. The van der Waals surface area contributed by atoms with Gasteiger partial charge in [0.15, 0.2) is 0 Å². The molecule has 0 aromatic carbocycles. The summed E-state index contributed by atoms with van der Waals surface area (Å²) in [4.78, 5) is 14.5. The highest BCUT2D eigenvalue weighted by Crippen LogP contribution is 2.40. The van der Waals surface area contributed by atoms with E-state index in [1.54, 1.807) is 0 Å². The molecular weight excluding hydrogens is 212 g/mol. The first kappa shape index (κ1) is 12.4. The largest absolute Gasteiger partial charge is 0.341 e. The lowest BCUT2D eigenvalue weighted by Gasteiger charge is -2.28. The zero-order valence-corrected chi connectivity index (χ0v) is 10.9. The fourth-order valence-electron chi connectivity index (χ4n) is 3.46. The van der Waals surface area contributed by atoms with E-state index in [1.807, 2.05) is 18.7 Å². The fraction of sp³-hybridized carbons (Fsp3) is 0.857. The van der Waals surface area contributed by atoms with Gasteiger partial charge in [0.2, 0.25) is 5.91 Å². The lowest BCUT2D eigenvalue weighted by molar-refractivity contribution is -0.138. The second-order valence-corrected chi connectivity index (χ2v) is 5.56. The Labute approximate surface area is 104 Å². The summed E-state index contributed by atoms with van der Waals surface area (Å²) >= 11 is 0. The number of hydrogen-bond acceptors (Lipinski definition) is 2. The van der Waals surface area contributed by atoms with E-state index >= 15 is 0 Å². The van der Waals surface area contributed by atoms with Crippen LogP contribution in [0.4, 0.5) is 0 Å². The Hall–Kier alpha value is -1.04. The van der Waals surface area contributed by atoms with E-state index in [0.29, 0.717) is 24.7 Å². The summed E-state index contributed by atoms with van der Waals surface area (Å²) in [5.41, 5.74) is -0.765. The van der Waals surface area contributed by atoms with Gasteiger partial charge in [0.05, 0.1) is 6.07 Å². The van der Waals surface area contributed by atoms with Crippen molar-refractivity contribution in [1.82, 2.24) is 4.90 Å². The molecule has 2 unspecified atom stereocenters. The topological polar surface area (TPSA) is 44.1 Å². The maximum absolute atomic E-state index is 12.5. The van der Waals surface area contributed by atoms with Crippen LogP contribution in [0.25, 0.3) is 0 Å². The molecule has 17 heavy (non-hydrogen) atoms. The van der Waals surface area contributed by atoms with Crippen molar-refractivity contribution in [2.24, 2.45) is 17.3 Å². The van der Waals surface area contributed by atoms with Gasteiger partial charge in [-0.15, -0.1) is 0 Å². The van der Waals surface area contributed by atoms with Gasteiger partial charge in [0.1, 0.15) is 5.41 Å². The molecule has 1 aliphatic heterocycles. The minimum Gasteiger partial charge on any atom is -0.341 e. The molecule has 1 saturated carbocycles. The summed E-state index contributed by atoms with van der Waals surface area (Å²) in [7, 11) is 0. The first-order chi connectivity index (χ1) is 8.16. The van der Waals surface area contributed by atoms with Gasteiger partial charge in [0.25, 0.3) is 0 Å². The maximum Gasteiger partial charge on any atom is 0.243 e. The SMILES string of the molecule is CCC(C#N)(CC)C(=O)N1CC2CCCC2C1. The number of nitrogens with zero attached hydrogens (tertiary/aromatic N) is 2. The normalized spacial score (nSPS) is 27.9. The van der Waals surface area contributed by atoms with Gasteiger partial charge in [-0.2, -0.15) is 5.26 Å². The lowest BCUT2D eigenvalue weighted by atomic mass is 9.82. The molecule has 1 heterocycles. The van der Waals surface area contributed by atoms with Gasteiger partial charge in [-0.3, -0.25) is 4.79 Å². The molecule has 0 aromatic rings. The Balaban J connectivity index is 2.08. The Morgan fingerprint density at radius 1 is 1.29 bits per heavy atom. The Morgan fingerprint density at radius 2 is 1.82 bits per heavy atom. The number of likely N-dealkylation sites (tertiary alicyclic amines) is 1. The smallest absolute Gasteiger partial charge is 0.243 e. The van der Waals surface area contributed by atoms with Crippen molar-refractivity contribution in [2.75, 3.05) is 13.1 Å². The van der Waals surface area contributed by atoms with E-state index < -0.39 is 5.41 Å². The Bertz CT molecular complexity index is 329. The predicted octanol–water partition coefficient (Wildman–Crippen LogP) is 2.57. The zero-order chi connectivity index (χ0) is 12.5. The van der Waals surface area contributed by atoms with Gasteiger partial charge >= 0.3 is 0 Å². The second-order valence-electron chi connectivity index (χ2n) is 5.56. The highest BCUT2D eigenvalue weighted by atomic mass is 16.2. The molecule has 1 saturated heterocycles. The predicted molar refractivity (Wildman–Crippen MR) is 66.0 cm³/mol. The van der Waals surface area contributed by atoms with Crippen LogP contribution in [-0.4, -0.2) is 23.9 Å². The van der Waals surface area contributed by atoms with Gasteiger partial charge in [-0.05, 0) is 37.5 Å². The molecule has 2 fully saturated rings. The monoisotopic (exact) mass is 234 g/mol. The summed E-state index contributed by atoms with van der Waals surface area (Å²) in [6.45, 7) is 5.68. The molecule has 0 aromatic heterocycles. The summed E-state index contributed by atoms with van der Waals surface area (Å²) in [5, 5.41) is 9.31. The molecule has 0 spiro atoms. The minimum absolute atomic E-state index is 0.0828. The molecule has 3 nitrogen and oxygen atoms in total.